The summed E-state index contributed by atoms with van der Waals surface area (Å²) < 4.78 is 5.47. The summed E-state index contributed by atoms with van der Waals surface area (Å²) in [6.07, 6.45) is 0.771. The van der Waals surface area contributed by atoms with Crippen molar-refractivity contribution >= 4 is 5.91 Å². The van der Waals surface area contributed by atoms with Gasteiger partial charge in [-0.05, 0) is 48.7 Å². The van der Waals surface area contributed by atoms with E-state index in [0.29, 0.717) is 25.3 Å². The molecule has 3 N–H and O–H groups in total. The van der Waals surface area contributed by atoms with Crippen LogP contribution in [0.3, 0.4) is 0 Å². The average molecular weight is 298 g/mol. The summed E-state index contributed by atoms with van der Waals surface area (Å²) >= 11 is 0. The summed E-state index contributed by atoms with van der Waals surface area (Å²) in [5.74, 6) is 0.799. The van der Waals surface area contributed by atoms with Crippen molar-refractivity contribution in [3.8, 4) is 5.75 Å². The van der Waals surface area contributed by atoms with E-state index in [-0.39, 0.29) is 5.91 Å². The van der Waals surface area contributed by atoms with Crippen molar-refractivity contribution in [2.75, 3.05) is 13.2 Å². The fourth-order valence-corrected chi connectivity index (χ4v) is 2.17. The molecule has 116 valence electrons. The molecule has 0 atom stereocenters. The maximum Gasteiger partial charge on any atom is 0.251 e. The Labute approximate surface area is 131 Å². The molecule has 2 aromatic carbocycles. The van der Waals surface area contributed by atoms with Gasteiger partial charge in [0, 0.05) is 18.7 Å². The molecule has 0 unspecified atom stereocenters. The molecule has 0 aliphatic heterocycles. The van der Waals surface area contributed by atoms with Gasteiger partial charge in [0.25, 0.3) is 5.91 Å². The number of hydrogen-bond donors (Lipinski definition) is 2. The van der Waals surface area contributed by atoms with Crippen molar-refractivity contribution in [2.24, 2.45) is 5.73 Å². The standard InChI is InChI=1S/C18H22N2O2/c1-2-22-17-5-3-4-14(12-17)10-11-20-18(21)16-8-6-15(13-19)7-9-16/h3-9,12H,2,10-11,13,19H2,1H3,(H,20,21). The largest absolute Gasteiger partial charge is 0.494 e. The lowest BCUT2D eigenvalue weighted by molar-refractivity contribution is 0.0954. The number of carbonyl (C=O) groups is 1. The molecule has 0 aliphatic carbocycles. The molecule has 4 heteroatoms. The molecule has 2 aromatic rings. The third kappa shape index (κ3) is 4.60. The average Bonchev–Trinajstić information content (AvgIpc) is 2.55. The number of benzene rings is 2. The van der Waals surface area contributed by atoms with Crippen LogP contribution in [0.25, 0.3) is 0 Å². The molecule has 22 heavy (non-hydrogen) atoms. The molecule has 0 saturated carbocycles. The minimum atomic E-state index is -0.0652. The van der Waals surface area contributed by atoms with E-state index in [9.17, 15) is 4.79 Å². The fourth-order valence-electron chi connectivity index (χ4n) is 2.17. The van der Waals surface area contributed by atoms with E-state index in [1.165, 1.54) is 0 Å². The number of ether oxygens (including phenoxy) is 1. The third-order valence-corrected chi connectivity index (χ3v) is 3.36. The predicted octanol–water partition coefficient (Wildman–Crippen LogP) is 2.52. The lowest BCUT2D eigenvalue weighted by Gasteiger charge is -2.08. The molecule has 0 heterocycles. The number of hydrogen-bond acceptors (Lipinski definition) is 3. The summed E-state index contributed by atoms with van der Waals surface area (Å²) in [6, 6.07) is 15.3. The van der Waals surface area contributed by atoms with Gasteiger partial charge >= 0.3 is 0 Å². The summed E-state index contributed by atoms with van der Waals surface area (Å²) in [5.41, 5.74) is 8.36. The van der Waals surface area contributed by atoms with Gasteiger partial charge in [0.2, 0.25) is 0 Å². The van der Waals surface area contributed by atoms with Crippen molar-refractivity contribution in [3.63, 3.8) is 0 Å². The second-order valence-corrected chi connectivity index (χ2v) is 4.99. The maximum absolute atomic E-state index is 12.0. The van der Waals surface area contributed by atoms with Crippen LogP contribution in [0.4, 0.5) is 0 Å². The van der Waals surface area contributed by atoms with E-state index in [2.05, 4.69) is 5.32 Å². The van der Waals surface area contributed by atoms with Gasteiger partial charge in [0.1, 0.15) is 5.75 Å². The van der Waals surface area contributed by atoms with Crippen LogP contribution >= 0.6 is 0 Å². The Hall–Kier alpha value is -2.33. The first-order valence-electron chi connectivity index (χ1n) is 7.52. The topological polar surface area (TPSA) is 64.3 Å². The molecular formula is C18H22N2O2. The van der Waals surface area contributed by atoms with Gasteiger partial charge in [0.15, 0.2) is 0 Å². The van der Waals surface area contributed by atoms with Gasteiger partial charge in [-0.15, -0.1) is 0 Å². The number of amides is 1. The van der Waals surface area contributed by atoms with Crippen molar-refractivity contribution in [2.45, 2.75) is 19.9 Å². The number of nitrogens with one attached hydrogen (secondary N) is 1. The van der Waals surface area contributed by atoms with Gasteiger partial charge in [0.05, 0.1) is 6.61 Å². The number of nitrogens with two attached hydrogens (primary N) is 1. The van der Waals surface area contributed by atoms with Crippen LogP contribution in [-0.2, 0) is 13.0 Å². The van der Waals surface area contributed by atoms with Gasteiger partial charge in [-0.3, -0.25) is 4.79 Å². The zero-order chi connectivity index (χ0) is 15.8. The van der Waals surface area contributed by atoms with Crippen molar-refractivity contribution < 1.29 is 9.53 Å². The maximum atomic E-state index is 12.0. The zero-order valence-electron chi connectivity index (χ0n) is 12.8. The monoisotopic (exact) mass is 298 g/mol. The molecule has 0 saturated heterocycles. The summed E-state index contributed by atoms with van der Waals surface area (Å²) in [7, 11) is 0. The van der Waals surface area contributed by atoms with E-state index in [4.69, 9.17) is 10.5 Å². The molecule has 1 amide bonds. The Morgan fingerprint density at radius 2 is 1.91 bits per heavy atom. The van der Waals surface area contributed by atoms with Crippen LogP contribution < -0.4 is 15.8 Å². The van der Waals surface area contributed by atoms with Gasteiger partial charge in [-0.25, -0.2) is 0 Å². The summed E-state index contributed by atoms with van der Waals surface area (Å²) in [6.45, 7) is 3.69. The molecule has 0 bridgehead atoms. The van der Waals surface area contributed by atoms with E-state index >= 15 is 0 Å². The Bertz CT molecular complexity index is 609. The molecule has 2 rings (SSSR count). The smallest absolute Gasteiger partial charge is 0.251 e. The SMILES string of the molecule is CCOc1cccc(CCNC(=O)c2ccc(CN)cc2)c1. The van der Waals surface area contributed by atoms with E-state index < -0.39 is 0 Å². The minimum Gasteiger partial charge on any atom is -0.494 e. The van der Waals surface area contributed by atoms with Crippen LogP contribution in [0.15, 0.2) is 48.5 Å². The highest BCUT2D eigenvalue weighted by Gasteiger charge is 2.05. The molecule has 0 fully saturated rings. The Morgan fingerprint density at radius 3 is 2.59 bits per heavy atom. The Morgan fingerprint density at radius 1 is 1.14 bits per heavy atom. The van der Waals surface area contributed by atoms with Gasteiger partial charge < -0.3 is 15.8 Å². The van der Waals surface area contributed by atoms with Crippen LogP contribution in [0.1, 0.15) is 28.4 Å². The molecular weight excluding hydrogens is 276 g/mol. The van der Waals surface area contributed by atoms with Gasteiger partial charge in [-0.2, -0.15) is 0 Å². The predicted molar refractivity (Wildman–Crippen MR) is 88.0 cm³/mol. The van der Waals surface area contributed by atoms with E-state index in [0.717, 1.165) is 23.3 Å². The van der Waals surface area contributed by atoms with Crippen LogP contribution in [0.2, 0.25) is 0 Å². The lowest BCUT2D eigenvalue weighted by Crippen LogP contribution is -2.25. The van der Waals surface area contributed by atoms with Crippen LogP contribution in [0, 0.1) is 0 Å². The second kappa shape index (κ2) is 8.20. The summed E-state index contributed by atoms with van der Waals surface area (Å²) in [4.78, 5) is 12.0. The third-order valence-electron chi connectivity index (χ3n) is 3.36. The quantitative estimate of drug-likeness (QED) is 0.825. The lowest BCUT2D eigenvalue weighted by atomic mass is 10.1. The van der Waals surface area contributed by atoms with Crippen molar-refractivity contribution in [1.29, 1.82) is 0 Å². The highest BCUT2D eigenvalue weighted by molar-refractivity contribution is 5.94. The van der Waals surface area contributed by atoms with E-state index in [1.807, 2.05) is 43.3 Å². The number of carbonyl (C=O) groups excluding carboxylic acids is 1. The first-order chi connectivity index (χ1) is 10.7. The first kappa shape index (κ1) is 16.0. The van der Waals surface area contributed by atoms with Crippen LogP contribution in [-0.4, -0.2) is 19.1 Å². The molecule has 0 radical (unpaired) electrons. The zero-order valence-corrected chi connectivity index (χ0v) is 12.8. The fraction of sp³-hybridized carbons (Fsp3) is 0.278. The molecule has 0 spiro atoms. The molecule has 4 nitrogen and oxygen atoms in total. The van der Waals surface area contributed by atoms with E-state index in [1.54, 1.807) is 12.1 Å². The molecule has 0 aliphatic rings. The highest BCUT2D eigenvalue weighted by Crippen LogP contribution is 2.13. The first-order valence-corrected chi connectivity index (χ1v) is 7.52. The van der Waals surface area contributed by atoms with Crippen molar-refractivity contribution in [3.05, 3.63) is 65.2 Å². The second-order valence-electron chi connectivity index (χ2n) is 4.99. The molecule has 0 aromatic heterocycles. The van der Waals surface area contributed by atoms with Crippen LogP contribution in [0.5, 0.6) is 5.75 Å². The highest BCUT2D eigenvalue weighted by atomic mass is 16.5. The minimum absolute atomic E-state index is 0.0652. The number of rotatable bonds is 7. The van der Waals surface area contributed by atoms with Gasteiger partial charge in [-0.1, -0.05) is 24.3 Å². The van der Waals surface area contributed by atoms with Crippen molar-refractivity contribution in [1.82, 2.24) is 5.32 Å². The summed E-state index contributed by atoms with van der Waals surface area (Å²) in [5, 5.41) is 2.93. The Kier molecular flexibility index (Phi) is 5.98. The Balaban J connectivity index is 1.84. The normalized spacial score (nSPS) is 10.3.